The number of hydrogen-bond acceptors (Lipinski definition) is 4. The lowest BCUT2D eigenvalue weighted by atomic mass is 10.0. The number of aryl methyl sites for hydroxylation is 1. The number of carbonyl (C=O) groups excluding carboxylic acids is 1. The average Bonchev–Trinajstić information content (AvgIpc) is 2.46. The van der Waals surface area contributed by atoms with Crippen LogP contribution in [0.4, 0.5) is 5.13 Å². The zero-order valence-electron chi connectivity index (χ0n) is 8.57. The Bertz CT molecular complexity index is 322. The molecule has 0 aliphatic carbocycles. The zero-order valence-corrected chi connectivity index (χ0v) is 9.39. The molecular weight excluding hydrogens is 198 g/mol. The van der Waals surface area contributed by atoms with Crippen LogP contribution in [0.25, 0.3) is 0 Å². The van der Waals surface area contributed by atoms with Crippen molar-refractivity contribution in [3.8, 4) is 0 Å². The molecule has 0 radical (unpaired) electrons. The first-order valence-corrected chi connectivity index (χ1v) is 5.36. The molecule has 14 heavy (non-hydrogen) atoms. The van der Waals surface area contributed by atoms with Crippen molar-refractivity contribution in [2.24, 2.45) is 11.7 Å². The number of rotatable bonds is 4. The molecule has 0 aromatic carbocycles. The maximum Gasteiger partial charge on any atom is 0.240 e. The highest BCUT2D eigenvalue weighted by Crippen LogP contribution is 2.17. The molecule has 0 fully saturated rings. The monoisotopic (exact) mass is 213 g/mol. The summed E-state index contributed by atoms with van der Waals surface area (Å²) in [7, 11) is 0. The lowest BCUT2D eigenvalue weighted by Gasteiger charge is -2.17. The van der Waals surface area contributed by atoms with Crippen LogP contribution in [0.1, 0.15) is 19.5 Å². The Morgan fingerprint density at radius 1 is 1.64 bits per heavy atom. The first kappa shape index (κ1) is 11.0. The fraction of sp³-hybridized carbons (Fsp3) is 0.556. The van der Waals surface area contributed by atoms with Gasteiger partial charge in [-0.2, -0.15) is 0 Å². The van der Waals surface area contributed by atoms with Gasteiger partial charge in [0.1, 0.15) is 6.04 Å². The predicted octanol–water partition coefficient (Wildman–Crippen LogP) is 1.37. The molecule has 1 aromatic heterocycles. The third-order valence-electron chi connectivity index (χ3n) is 1.87. The summed E-state index contributed by atoms with van der Waals surface area (Å²) in [6.45, 7) is 5.81. The van der Waals surface area contributed by atoms with Gasteiger partial charge in [0.25, 0.3) is 0 Å². The van der Waals surface area contributed by atoms with Gasteiger partial charge in [-0.15, -0.1) is 11.3 Å². The van der Waals surface area contributed by atoms with E-state index in [0.717, 1.165) is 10.8 Å². The minimum Gasteiger partial charge on any atom is -0.368 e. The molecule has 0 bridgehead atoms. The minimum absolute atomic E-state index is 0.164. The van der Waals surface area contributed by atoms with E-state index in [2.05, 4.69) is 10.3 Å². The Morgan fingerprint density at radius 2 is 2.29 bits per heavy atom. The third kappa shape index (κ3) is 2.70. The summed E-state index contributed by atoms with van der Waals surface area (Å²) in [4.78, 5) is 15.3. The molecule has 1 heterocycles. The van der Waals surface area contributed by atoms with Crippen molar-refractivity contribution in [3.63, 3.8) is 0 Å². The molecular formula is C9H15N3OS. The molecule has 0 spiro atoms. The molecule has 1 atom stereocenters. The van der Waals surface area contributed by atoms with Crippen LogP contribution in [0.5, 0.6) is 0 Å². The van der Waals surface area contributed by atoms with E-state index < -0.39 is 0 Å². The summed E-state index contributed by atoms with van der Waals surface area (Å²) in [5.41, 5.74) is 6.22. The van der Waals surface area contributed by atoms with E-state index in [-0.39, 0.29) is 17.9 Å². The van der Waals surface area contributed by atoms with Gasteiger partial charge in [0, 0.05) is 5.38 Å². The molecule has 1 aromatic rings. The van der Waals surface area contributed by atoms with Crippen LogP contribution in [0.15, 0.2) is 5.38 Å². The number of hydrogen-bond donors (Lipinski definition) is 2. The summed E-state index contributed by atoms with van der Waals surface area (Å²) in [5, 5.41) is 5.71. The lowest BCUT2D eigenvalue weighted by molar-refractivity contribution is -0.119. The van der Waals surface area contributed by atoms with Crippen LogP contribution in [0.2, 0.25) is 0 Å². The van der Waals surface area contributed by atoms with Crippen LogP contribution < -0.4 is 11.1 Å². The van der Waals surface area contributed by atoms with Crippen molar-refractivity contribution in [1.82, 2.24) is 4.98 Å². The number of anilines is 1. The normalized spacial score (nSPS) is 12.9. The Morgan fingerprint density at radius 3 is 2.64 bits per heavy atom. The molecule has 4 nitrogen and oxygen atoms in total. The Balaban J connectivity index is 2.69. The van der Waals surface area contributed by atoms with Gasteiger partial charge in [-0.3, -0.25) is 4.79 Å². The van der Waals surface area contributed by atoms with Crippen LogP contribution in [-0.4, -0.2) is 16.9 Å². The highest BCUT2D eigenvalue weighted by Gasteiger charge is 2.19. The summed E-state index contributed by atoms with van der Waals surface area (Å²) < 4.78 is 0. The molecule has 0 aliphatic heterocycles. The quantitative estimate of drug-likeness (QED) is 0.793. The SMILES string of the molecule is Cc1csc(NC(C(N)=O)C(C)C)n1. The van der Waals surface area contributed by atoms with E-state index in [0.29, 0.717) is 0 Å². The maximum absolute atomic E-state index is 11.1. The first-order chi connectivity index (χ1) is 6.50. The summed E-state index contributed by atoms with van der Waals surface area (Å²) in [6, 6.07) is -0.347. The number of primary amides is 1. The van der Waals surface area contributed by atoms with E-state index in [1.165, 1.54) is 11.3 Å². The predicted molar refractivity (Wildman–Crippen MR) is 58.3 cm³/mol. The second-order valence-electron chi connectivity index (χ2n) is 3.56. The molecule has 3 N–H and O–H groups in total. The first-order valence-electron chi connectivity index (χ1n) is 4.48. The molecule has 1 unspecified atom stereocenters. The number of aromatic nitrogens is 1. The van der Waals surface area contributed by atoms with Crippen molar-refractivity contribution in [1.29, 1.82) is 0 Å². The van der Waals surface area contributed by atoms with Gasteiger partial charge >= 0.3 is 0 Å². The van der Waals surface area contributed by atoms with Gasteiger partial charge in [-0.1, -0.05) is 13.8 Å². The standard InChI is InChI=1S/C9H15N3OS/c1-5(2)7(8(10)13)12-9-11-6(3)4-14-9/h4-5,7H,1-3H3,(H2,10,13)(H,11,12). The van der Waals surface area contributed by atoms with Gasteiger partial charge in [0.2, 0.25) is 5.91 Å². The molecule has 1 amide bonds. The van der Waals surface area contributed by atoms with Crippen molar-refractivity contribution >= 4 is 22.4 Å². The van der Waals surface area contributed by atoms with Gasteiger partial charge in [-0.05, 0) is 12.8 Å². The molecule has 0 aliphatic rings. The highest BCUT2D eigenvalue weighted by atomic mass is 32.1. The number of nitrogens with two attached hydrogens (primary N) is 1. The van der Waals surface area contributed by atoms with E-state index in [9.17, 15) is 4.79 Å². The van der Waals surface area contributed by atoms with Gasteiger partial charge in [0.15, 0.2) is 5.13 Å². The minimum atomic E-state index is -0.347. The number of amides is 1. The van der Waals surface area contributed by atoms with Crippen LogP contribution >= 0.6 is 11.3 Å². The fourth-order valence-electron chi connectivity index (χ4n) is 1.12. The molecule has 0 saturated heterocycles. The summed E-state index contributed by atoms with van der Waals surface area (Å²) in [5.74, 6) is -0.176. The summed E-state index contributed by atoms with van der Waals surface area (Å²) >= 11 is 1.48. The van der Waals surface area contributed by atoms with Gasteiger partial charge in [-0.25, -0.2) is 4.98 Å². The fourth-order valence-corrected chi connectivity index (χ4v) is 1.85. The zero-order chi connectivity index (χ0) is 10.7. The van der Waals surface area contributed by atoms with E-state index in [1.54, 1.807) is 0 Å². The average molecular weight is 213 g/mol. The summed E-state index contributed by atoms with van der Waals surface area (Å²) in [6.07, 6.45) is 0. The molecule has 78 valence electrons. The third-order valence-corrected chi connectivity index (χ3v) is 2.76. The van der Waals surface area contributed by atoms with E-state index in [4.69, 9.17) is 5.73 Å². The Hall–Kier alpha value is -1.10. The maximum atomic E-state index is 11.1. The van der Waals surface area contributed by atoms with Crippen LogP contribution in [-0.2, 0) is 4.79 Å². The van der Waals surface area contributed by atoms with Crippen LogP contribution in [0, 0.1) is 12.8 Å². The smallest absolute Gasteiger partial charge is 0.240 e. The number of thiazole rings is 1. The van der Waals surface area contributed by atoms with E-state index in [1.807, 2.05) is 26.2 Å². The van der Waals surface area contributed by atoms with Crippen molar-refractivity contribution in [2.45, 2.75) is 26.8 Å². The van der Waals surface area contributed by atoms with Crippen LogP contribution in [0.3, 0.4) is 0 Å². The highest BCUT2D eigenvalue weighted by molar-refractivity contribution is 7.13. The van der Waals surface area contributed by atoms with Crippen molar-refractivity contribution < 1.29 is 4.79 Å². The molecule has 5 heteroatoms. The van der Waals surface area contributed by atoms with Gasteiger partial charge in [0.05, 0.1) is 5.69 Å². The number of nitrogens with zero attached hydrogens (tertiary/aromatic N) is 1. The Kier molecular flexibility index (Phi) is 3.46. The van der Waals surface area contributed by atoms with E-state index >= 15 is 0 Å². The largest absolute Gasteiger partial charge is 0.368 e. The second-order valence-corrected chi connectivity index (χ2v) is 4.42. The number of nitrogens with one attached hydrogen (secondary N) is 1. The topological polar surface area (TPSA) is 68.0 Å². The number of carbonyl (C=O) groups is 1. The Labute approximate surface area is 87.5 Å². The second kappa shape index (κ2) is 4.41. The van der Waals surface area contributed by atoms with Crippen molar-refractivity contribution in [3.05, 3.63) is 11.1 Å². The van der Waals surface area contributed by atoms with Crippen molar-refractivity contribution in [2.75, 3.05) is 5.32 Å². The molecule has 1 rings (SSSR count). The molecule has 0 saturated carbocycles. The lowest BCUT2D eigenvalue weighted by Crippen LogP contribution is -2.39. The van der Waals surface area contributed by atoms with Gasteiger partial charge < -0.3 is 11.1 Å².